The van der Waals surface area contributed by atoms with Crippen molar-refractivity contribution in [3.05, 3.63) is 40.8 Å². The highest BCUT2D eigenvalue weighted by Crippen LogP contribution is 2.67. The summed E-state index contributed by atoms with van der Waals surface area (Å²) in [5.41, 5.74) is -0.598. The van der Waals surface area contributed by atoms with E-state index in [0.717, 1.165) is 6.07 Å². The first-order chi connectivity index (χ1) is 13.8. The van der Waals surface area contributed by atoms with Gasteiger partial charge in [-0.05, 0) is 37.8 Å². The Morgan fingerprint density at radius 2 is 2.10 bits per heavy atom. The maximum absolute atomic E-state index is 13.4. The minimum atomic E-state index is -2.37. The molecule has 2 aromatic rings. The third-order valence-electron chi connectivity index (χ3n) is 6.07. The zero-order valence-electron chi connectivity index (χ0n) is 15.1. The summed E-state index contributed by atoms with van der Waals surface area (Å²) >= 11 is 5.61. The van der Waals surface area contributed by atoms with E-state index in [0.29, 0.717) is 31.6 Å². The number of benzene rings is 1. The van der Waals surface area contributed by atoms with Gasteiger partial charge in [-0.2, -0.15) is 0 Å². The lowest BCUT2D eigenvalue weighted by Crippen LogP contribution is -2.77. The number of alkyl halides is 2. The van der Waals surface area contributed by atoms with Crippen molar-refractivity contribution in [3.8, 4) is 5.75 Å². The van der Waals surface area contributed by atoms with Crippen LogP contribution in [0.1, 0.15) is 43.4 Å². The van der Waals surface area contributed by atoms with Crippen molar-refractivity contribution in [2.75, 3.05) is 6.61 Å². The predicted molar refractivity (Wildman–Crippen MR) is 94.5 cm³/mol. The van der Waals surface area contributed by atoms with E-state index < -0.39 is 18.2 Å². The summed E-state index contributed by atoms with van der Waals surface area (Å²) < 4.78 is 49.8. The molecule has 0 aliphatic heterocycles. The van der Waals surface area contributed by atoms with Crippen LogP contribution >= 0.6 is 11.6 Å². The minimum absolute atomic E-state index is 0.0171. The molecule has 1 heterocycles. The van der Waals surface area contributed by atoms with Crippen molar-refractivity contribution < 1.29 is 27.1 Å². The molecule has 0 radical (unpaired) electrons. The summed E-state index contributed by atoms with van der Waals surface area (Å²) in [5, 5.41) is 10.9. The molecule has 1 amide bonds. The molecule has 29 heavy (non-hydrogen) atoms. The van der Waals surface area contributed by atoms with Crippen LogP contribution in [0.15, 0.2) is 22.6 Å². The van der Waals surface area contributed by atoms with Crippen LogP contribution in [-0.4, -0.2) is 34.7 Å². The van der Waals surface area contributed by atoms with E-state index in [9.17, 15) is 18.0 Å². The summed E-state index contributed by atoms with van der Waals surface area (Å²) in [5.74, 6) is -0.971. The number of nitrogens with zero attached hydrogens (tertiary/aromatic N) is 2. The van der Waals surface area contributed by atoms with Crippen LogP contribution in [0.5, 0.6) is 5.75 Å². The Balaban J connectivity index is 1.12. The largest absolute Gasteiger partial charge is 0.484 e. The van der Waals surface area contributed by atoms with Crippen LogP contribution in [0.2, 0.25) is 5.02 Å². The second-order valence-corrected chi connectivity index (χ2v) is 8.70. The maximum Gasteiger partial charge on any atom is 0.258 e. The third kappa shape index (κ3) is 3.15. The fraction of sp³-hybridized carbons (Fsp3) is 0.526. The molecule has 2 bridgehead atoms. The minimum Gasteiger partial charge on any atom is -0.484 e. The van der Waals surface area contributed by atoms with Gasteiger partial charge in [0, 0.05) is 23.4 Å². The SMILES string of the molecule is O=C(COc1ccc(Cl)c(F)c1)NC12CC(c3nnc(C4C[C@H]4C(F)F)o3)(C1)C2. The molecule has 0 saturated heterocycles. The van der Waals surface area contributed by atoms with E-state index in [2.05, 4.69) is 15.5 Å². The van der Waals surface area contributed by atoms with E-state index >= 15 is 0 Å². The summed E-state index contributed by atoms with van der Waals surface area (Å²) in [4.78, 5) is 12.2. The first-order valence-electron chi connectivity index (χ1n) is 9.30. The van der Waals surface area contributed by atoms with E-state index in [-0.39, 0.29) is 46.0 Å². The summed E-state index contributed by atoms with van der Waals surface area (Å²) in [6, 6.07) is 3.97. The van der Waals surface area contributed by atoms with Gasteiger partial charge in [-0.15, -0.1) is 10.2 Å². The van der Waals surface area contributed by atoms with Crippen LogP contribution in [0.25, 0.3) is 0 Å². The number of hydrogen-bond acceptors (Lipinski definition) is 5. The van der Waals surface area contributed by atoms with Crippen molar-refractivity contribution in [2.45, 2.75) is 49.0 Å². The molecule has 6 nitrogen and oxygen atoms in total. The molecule has 1 N–H and O–H groups in total. The third-order valence-corrected chi connectivity index (χ3v) is 6.38. The van der Waals surface area contributed by atoms with Gasteiger partial charge < -0.3 is 14.5 Å². The second kappa shape index (κ2) is 6.35. The van der Waals surface area contributed by atoms with Gasteiger partial charge in [0.25, 0.3) is 5.91 Å². The van der Waals surface area contributed by atoms with E-state index in [1.165, 1.54) is 12.1 Å². The molecule has 4 aliphatic rings. The average Bonchev–Trinajstić information content (AvgIpc) is 3.28. The van der Waals surface area contributed by atoms with Crippen molar-refractivity contribution in [1.82, 2.24) is 15.5 Å². The van der Waals surface area contributed by atoms with Gasteiger partial charge >= 0.3 is 0 Å². The number of halogens is 4. The smallest absolute Gasteiger partial charge is 0.258 e. The lowest BCUT2D eigenvalue weighted by molar-refractivity contribution is -0.143. The second-order valence-electron chi connectivity index (χ2n) is 8.29. The molecule has 10 heteroatoms. The van der Waals surface area contributed by atoms with Gasteiger partial charge in [-0.25, -0.2) is 13.2 Å². The van der Waals surface area contributed by atoms with E-state index in [1.54, 1.807) is 0 Å². The van der Waals surface area contributed by atoms with E-state index in [1.807, 2.05) is 0 Å². The van der Waals surface area contributed by atoms with Crippen molar-refractivity contribution in [2.24, 2.45) is 5.92 Å². The van der Waals surface area contributed by atoms with Crippen molar-refractivity contribution in [1.29, 1.82) is 0 Å². The molecule has 4 fully saturated rings. The zero-order valence-corrected chi connectivity index (χ0v) is 15.9. The quantitative estimate of drug-likeness (QED) is 0.730. The van der Waals surface area contributed by atoms with E-state index in [4.69, 9.17) is 20.8 Å². The molecule has 1 aromatic carbocycles. The van der Waals surface area contributed by atoms with Crippen LogP contribution in [0, 0.1) is 11.7 Å². The van der Waals surface area contributed by atoms with Gasteiger partial charge in [0.1, 0.15) is 11.6 Å². The lowest BCUT2D eigenvalue weighted by atomic mass is 9.39. The molecule has 1 unspecified atom stereocenters. The summed E-state index contributed by atoms with van der Waals surface area (Å²) in [6.45, 7) is -0.239. The Morgan fingerprint density at radius 1 is 1.34 bits per heavy atom. The van der Waals surface area contributed by atoms with Crippen LogP contribution < -0.4 is 10.1 Å². The van der Waals surface area contributed by atoms with Gasteiger partial charge in [-0.3, -0.25) is 4.79 Å². The van der Waals surface area contributed by atoms with Crippen LogP contribution in [-0.2, 0) is 10.2 Å². The Kier molecular flexibility index (Phi) is 4.10. The molecular weight excluding hydrogens is 411 g/mol. The first kappa shape index (κ1) is 18.7. The number of hydrogen-bond donors (Lipinski definition) is 1. The average molecular weight is 428 g/mol. The normalized spacial score (nSPS) is 31.8. The van der Waals surface area contributed by atoms with Gasteiger partial charge in [-0.1, -0.05) is 11.6 Å². The van der Waals surface area contributed by atoms with Crippen LogP contribution in [0.4, 0.5) is 13.2 Å². The molecule has 4 aliphatic carbocycles. The molecule has 2 atom stereocenters. The highest BCUT2D eigenvalue weighted by Gasteiger charge is 2.72. The van der Waals surface area contributed by atoms with Crippen molar-refractivity contribution in [3.63, 3.8) is 0 Å². The molecular formula is C19H17ClF3N3O3. The Bertz CT molecular complexity index is 963. The summed E-state index contributed by atoms with van der Waals surface area (Å²) in [6.07, 6.45) is -0.0108. The number of aromatic nitrogens is 2. The maximum atomic E-state index is 13.4. The number of nitrogens with one attached hydrogen (secondary N) is 1. The van der Waals surface area contributed by atoms with Crippen molar-refractivity contribution >= 4 is 17.5 Å². The lowest BCUT2D eigenvalue weighted by Gasteiger charge is -2.68. The van der Waals surface area contributed by atoms with Gasteiger partial charge in [0.05, 0.1) is 10.4 Å². The van der Waals surface area contributed by atoms with Crippen LogP contribution in [0.3, 0.4) is 0 Å². The Hall–Kier alpha value is -2.29. The highest BCUT2D eigenvalue weighted by atomic mass is 35.5. The number of ether oxygens (including phenoxy) is 1. The fourth-order valence-corrected chi connectivity index (χ4v) is 4.69. The monoisotopic (exact) mass is 427 g/mol. The number of carbonyl (C=O) groups is 1. The predicted octanol–water partition coefficient (Wildman–Crippen LogP) is 3.60. The molecule has 154 valence electrons. The molecule has 6 rings (SSSR count). The summed E-state index contributed by atoms with van der Waals surface area (Å²) in [7, 11) is 0. The molecule has 0 spiro atoms. The molecule has 1 aromatic heterocycles. The fourth-order valence-electron chi connectivity index (χ4n) is 4.57. The molecule has 4 saturated carbocycles. The van der Waals surface area contributed by atoms with Gasteiger partial charge in [0.2, 0.25) is 18.2 Å². The first-order valence-corrected chi connectivity index (χ1v) is 9.68. The van der Waals surface area contributed by atoms with Gasteiger partial charge in [0.15, 0.2) is 6.61 Å². The highest BCUT2D eigenvalue weighted by molar-refractivity contribution is 6.30. The standard InChI is InChI=1S/C19H17ClF3N3O3/c20-12-2-1-9(3-13(12)21)28-5-14(27)24-19-6-18(7-19,8-19)17-26-25-16(29-17)11-4-10(11)15(22)23/h1-3,10-11,15H,4-8H2,(H,24,27)/t10-,11?,18?,19?/m1/s1. The topological polar surface area (TPSA) is 77.2 Å². The number of rotatable bonds is 7. The zero-order chi connectivity index (χ0) is 20.4. The Morgan fingerprint density at radius 3 is 2.76 bits per heavy atom. The Labute approximate surface area is 168 Å². The number of carbonyl (C=O) groups excluding carboxylic acids is 1. The number of amides is 1.